The Hall–Kier alpha value is -0.220. The number of carbonyl (C=O) groups is 1. The second kappa shape index (κ2) is 7.99. The van der Waals surface area contributed by atoms with E-state index in [2.05, 4.69) is 5.32 Å². The number of carbonyl (C=O) groups excluding carboxylic acids is 1. The molecule has 88 valence electrons. The first-order chi connectivity index (χ1) is 7.34. The maximum Gasteiger partial charge on any atom is 0.223 e. The van der Waals surface area contributed by atoms with Crippen molar-refractivity contribution in [2.75, 3.05) is 24.7 Å². The second-order valence-electron chi connectivity index (χ2n) is 3.96. The van der Waals surface area contributed by atoms with Gasteiger partial charge >= 0.3 is 0 Å². The van der Waals surface area contributed by atoms with Crippen molar-refractivity contribution in [3.63, 3.8) is 0 Å². The van der Waals surface area contributed by atoms with Crippen molar-refractivity contribution in [3.8, 4) is 0 Å². The minimum absolute atomic E-state index is 0.246. The van der Waals surface area contributed by atoms with Gasteiger partial charge in [0.05, 0.1) is 0 Å². The van der Waals surface area contributed by atoms with Gasteiger partial charge in [-0.1, -0.05) is 12.8 Å². The molecule has 0 aliphatic heterocycles. The molecule has 0 aromatic heterocycles. The number of amides is 1. The van der Waals surface area contributed by atoms with Crippen molar-refractivity contribution >= 4 is 17.7 Å². The Balaban J connectivity index is 1.92. The van der Waals surface area contributed by atoms with Crippen LogP contribution in [0.25, 0.3) is 0 Å². The molecule has 1 aliphatic carbocycles. The van der Waals surface area contributed by atoms with Crippen LogP contribution in [0.2, 0.25) is 0 Å². The van der Waals surface area contributed by atoms with E-state index in [4.69, 9.17) is 5.11 Å². The van der Waals surface area contributed by atoms with E-state index in [1.165, 1.54) is 12.8 Å². The molecule has 0 unspecified atom stereocenters. The molecule has 1 saturated carbocycles. The van der Waals surface area contributed by atoms with Gasteiger partial charge in [-0.05, 0) is 25.0 Å². The van der Waals surface area contributed by atoms with Crippen LogP contribution in [0.3, 0.4) is 0 Å². The lowest BCUT2D eigenvalue weighted by molar-refractivity contribution is -0.124. The minimum Gasteiger partial charge on any atom is -0.396 e. The Morgan fingerprint density at radius 3 is 2.73 bits per heavy atom. The fourth-order valence-corrected chi connectivity index (χ4v) is 2.63. The molecule has 0 radical (unpaired) electrons. The Morgan fingerprint density at radius 2 is 2.07 bits per heavy atom. The molecule has 0 bridgehead atoms. The summed E-state index contributed by atoms with van der Waals surface area (Å²) >= 11 is 1.79. The molecule has 0 heterocycles. The zero-order valence-corrected chi connectivity index (χ0v) is 10.0. The highest BCUT2D eigenvalue weighted by molar-refractivity contribution is 7.99. The molecule has 1 aliphatic rings. The van der Waals surface area contributed by atoms with Gasteiger partial charge in [0.2, 0.25) is 5.91 Å². The molecule has 0 aromatic carbocycles. The van der Waals surface area contributed by atoms with Gasteiger partial charge < -0.3 is 10.4 Å². The van der Waals surface area contributed by atoms with E-state index in [1.54, 1.807) is 11.8 Å². The van der Waals surface area contributed by atoms with E-state index in [9.17, 15) is 4.79 Å². The molecular formula is C11H21NO2S. The van der Waals surface area contributed by atoms with Crippen LogP contribution in [0, 0.1) is 5.92 Å². The molecule has 1 fully saturated rings. The summed E-state index contributed by atoms with van der Waals surface area (Å²) in [5.74, 6) is 2.47. The summed E-state index contributed by atoms with van der Waals surface area (Å²) in [6, 6.07) is 0. The monoisotopic (exact) mass is 231 g/mol. The Morgan fingerprint density at radius 1 is 1.33 bits per heavy atom. The molecule has 0 saturated heterocycles. The van der Waals surface area contributed by atoms with Crippen LogP contribution in [0.15, 0.2) is 0 Å². The Labute approximate surface area is 96.0 Å². The van der Waals surface area contributed by atoms with E-state index in [-0.39, 0.29) is 18.4 Å². The topological polar surface area (TPSA) is 49.3 Å². The van der Waals surface area contributed by atoms with E-state index in [1.807, 2.05) is 0 Å². The van der Waals surface area contributed by atoms with Gasteiger partial charge in [-0.2, -0.15) is 11.8 Å². The molecule has 0 aromatic rings. The quantitative estimate of drug-likeness (QED) is 0.651. The van der Waals surface area contributed by atoms with Gasteiger partial charge in [0.1, 0.15) is 0 Å². The molecule has 4 heteroatoms. The number of nitrogens with one attached hydrogen (secondary N) is 1. The van der Waals surface area contributed by atoms with Gasteiger partial charge in [0.15, 0.2) is 0 Å². The third kappa shape index (κ3) is 5.42. The maximum absolute atomic E-state index is 11.6. The van der Waals surface area contributed by atoms with Crippen molar-refractivity contribution < 1.29 is 9.90 Å². The molecule has 1 amide bonds. The summed E-state index contributed by atoms with van der Waals surface area (Å²) < 4.78 is 0. The highest BCUT2D eigenvalue weighted by Crippen LogP contribution is 2.24. The smallest absolute Gasteiger partial charge is 0.223 e. The first-order valence-corrected chi connectivity index (χ1v) is 6.96. The fourth-order valence-electron chi connectivity index (χ4n) is 1.85. The number of aliphatic hydroxyl groups is 1. The maximum atomic E-state index is 11.6. The Bertz CT molecular complexity index is 181. The molecule has 3 nitrogen and oxygen atoms in total. The van der Waals surface area contributed by atoms with E-state index in [0.29, 0.717) is 0 Å². The van der Waals surface area contributed by atoms with Crippen LogP contribution < -0.4 is 5.32 Å². The predicted octanol–water partition coefficient (Wildman–Crippen LogP) is 1.41. The highest BCUT2D eigenvalue weighted by atomic mass is 32.2. The van der Waals surface area contributed by atoms with Crippen molar-refractivity contribution in [2.24, 2.45) is 5.92 Å². The van der Waals surface area contributed by atoms with Crippen molar-refractivity contribution in [3.05, 3.63) is 0 Å². The normalized spacial score (nSPS) is 16.9. The Kier molecular flexibility index (Phi) is 6.85. The summed E-state index contributed by atoms with van der Waals surface area (Å²) in [5, 5.41) is 11.6. The number of rotatable bonds is 7. The number of hydrogen-bond acceptors (Lipinski definition) is 3. The largest absolute Gasteiger partial charge is 0.396 e. The average molecular weight is 231 g/mol. The third-order valence-electron chi connectivity index (χ3n) is 2.72. The van der Waals surface area contributed by atoms with Gasteiger partial charge in [-0.3, -0.25) is 4.79 Å². The first kappa shape index (κ1) is 12.8. The lowest BCUT2D eigenvalue weighted by atomic mass is 10.1. The number of aliphatic hydroxyl groups excluding tert-OH is 1. The highest BCUT2D eigenvalue weighted by Gasteiger charge is 2.21. The van der Waals surface area contributed by atoms with Gasteiger partial charge in [0, 0.05) is 24.8 Å². The molecule has 0 atom stereocenters. The minimum atomic E-state index is 0.246. The summed E-state index contributed by atoms with van der Waals surface area (Å²) in [7, 11) is 0. The zero-order valence-electron chi connectivity index (χ0n) is 9.21. The van der Waals surface area contributed by atoms with Crippen LogP contribution in [0.4, 0.5) is 0 Å². The van der Waals surface area contributed by atoms with E-state index < -0.39 is 0 Å². The lowest BCUT2D eigenvalue weighted by Gasteiger charge is -2.09. The SMILES string of the molecule is O=C(NCCSCCCO)C1CCCC1. The van der Waals surface area contributed by atoms with Crippen LogP contribution in [0.1, 0.15) is 32.1 Å². The predicted molar refractivity (Wildman–Crippen MR) is 64.0 cm³/mol. The van der Waals surface area contributed by atoms with Crippen molar-refractivity contribution in [2.45, 2.75) is 32.1 Å². The van der Waals surface area contributed by atoms with Crippen molar-refractivity contribution in [1.82, 2.24) is 5.32 Å². The summed E-state index contributed by atoms with van der Waals surface area (Å²) in [6.07, 6.45) is 5.42. The summed E-state index contributed by atoms with van der Waals surface area (Å²) in [4.78, 5) is 11.6. The van der Waals surface area contributed by atoms with Crippen LogP contribution in [0.5, 0.6) is 0 Å². The summed E-state index contributed by atoms with van der Waals surface area (Å²) in [6.45, 7) is 1.03. The van der Waals surface area contributed by atoms with Gasteiger partial charge in [-0.25, -0.2) is 0 Å². The average Bonchev–Trinajstić information content (AvgIpc) is 2.76. The zero-order chi connectivity index (χ0) is 10.9. The third-order valence-corrected chi connectivity index (χ3v) is 3.79. The van der Waals surface area contributed by atoms with Crippen LogP contribution in [-0.4, -0.2) is 35.7 Å². The first-order valence-electron chi connectivity index (χ1n) is 5.81. The second-order valence-corrected chi connectivity index (χ2v) is 5.19. The van der Waals surface area contributed by atoms with Crippen LogP contribution in [-0.2, 0) is 4.79 Å². The molecular weight excluding hydrogens is 210 g/mol. The van der Waals surface area contributed by atoms with E-state index >= 15 is 0 Å². The standard InChI is InChI=1S/C11H21NO2S/c13-7-3-8-15-9-6-12-11(14)10-4-1-2-5-10/h10,13H,1-9H2,(H,12,14). The van der Waals surface area contributed by atoms with Crippen LogP contribution >= 0.6 is 11.8 Å². The van der Waals surface area contributed by atoms with Gasteiger partial charge in [0.25, 0.3) is 0 Å². The molecule has 0 spiro atoms. The molecule has 2 N–H and O–H groups in total. The van der Waals surface area contributed by atoms with Gasteiger partial charge in [-0.15, -0.1) is 0 Å². The lowest BCUT2D eigenvalue weighted by Crippen LogP contribution is -2.31. The fraction of sp³-hybridized carbons (Fsp3) is 0.909. The molecule has 1 rings (SSSR count). The number of hydrogen-bond donors (Lipinski definition) is 2. The molecule has 15 heavy (non-hydrogen) atoms. The van der Waals surface area contributed by atoms with Crippen molar-refractivity contribution in [1.29, 1.82) is 0 Å². The number of thioether (sulfide) groups is 1. The van der Waals surface area contributed by atoms with E-state index in [0.717, 1.165) is 37.3 Å². The summed E-state index contributed by atoms with van der Waals surface area (Å²) in [5.41, 5.74) is 0.